The number of rotatable bonds is 7. The van der Waals surface area contributed by atoms with Gasteiger partial charge in [0.05, 0.1) is 16.4 Å². The highest BCUT2D eigenvalue weighted by Crippen LogP contribution is 2.42. The van der Waals surface area contributed by atoms with E-state index in [1.165, 1.54) is 0 Å². The number of alkyl halides is 3. The Morgan fingerprint density at radius 3 is 2.53 bits per heavy atom. The quantitative estimate of drug-likeness (QED) is 0.508. The van der Waals surface area contributed by atoms with Crippen LogP contribution in [0.25, 0.3) is 0 Å². The highest BCUT2D eigenvalue weighted by atomic mass is 35.5. The van der Waals surface area contributed by atoms with Gasteiger partial charge < -0.3 is 14.8 Å². The van der Waals surface area contributed by atoms with E-state index in [1.807, 2.05) is 30.9 Å². The highest BCUT2D eigenvalue weighted by Gasteiger charge is 2.42. The molecule has 1 fully saturated rings. The number of hydrogen-bond donors (Lipinski definition) is 1. The predicted octanol–water partition coefficient (Wildman–Crippen LogP) is 6.42. The van der Waals surface area contributed by atoms with Gasteiger partial charge in [0.2, 0.25) is 5.95 Å². The second kappa shape index (κ2) is 9.26. The normalized spacial score (nSPS) is 17.9. The van der Waals surface area contributed by atoms with Crippen molar-refractivity contribution in [2.75, 3.05) is 18.0 Å². The van der Waals surface area contributed by atoms with Crippen LogP contribution in [0.1, 0.15) is 61.5 Å². The van der Waals surface area contributed by atoms with E-state index in [9.17, 15) is 13.2 Å². The third kappa shape index (κ3) is 4.51. The molecule has 8 heteroatoms. The van der Waals surface area contributed by atoms with Crippen molar-refractivity contribution in [3.63, 3.8) is 0 Å². The third-order valence-electron chi connectivity index (χ3n) is 6.78. The van der Waals surface area contributed by atoms with Crippen molar-refractivity contribution >= 4 is 23.2 Å². The molecule has 1 aromatic heterocycles. The molecule has 2 aliphatic rings. The van der Waals surface area contributed by atoms with Gasteiger partial charge in [-0.15, -0.1) is 0 Å². The smallest absolute Gasteiger partial charge is 0.313 e. The largest absolute Gasteiger partial charge is 0.435 e. The minimum Gasteiger partial charge on any atom is -0.313 e. The monoisotopic (exact) mass is 468 g/mol. The van der Waals surface area contributed by atoms with E-state index in [4.69, 9.17) is 11.6 Å². The van der Waals surface area contributed by atoms with Crippen molar-refractivity contribution in [3.05, 3.63) is 39.7 Å². The summed E-state index contributed by atoms with van der Waals surface area (Å²) in [6.07, 6.45) is 0.868. The summed E-state index contributed by atoms with van der Waals surface area (Å²) in [7, 11) is 0. The standard InChI is InChI=1S/C24H32ClF3N4/c1-4-9-29-19(17-7-5-8-17)14-20-22(24(26,27)28)30-23-31(20)10-6-11-32(23)21-16(3)12-15(2)13-18(21)25/h12-13,17,19,29H,4-11,14H2,1-3H3. The van der Waals surface area contributed by atoms with Crippen LogP contribution in [0.5, 0.6) is 0 Å². The molecular formula is C24H32ClF3N4. The molecule has 1 unspecified atom stereocenters. The minimum atomic E-state index is -4.49. The molecule has 1 aliphatic heterocycles. The number of anilines is 2. The summed E-state index contributed by atoms with van der Waals surface area (Å²) in [5.41, 5.74) is 2.28. The van der Waals surface area contributed by atoms with Crippen LogP contribution < -0.4 is 10.2 Å². The summed E-state index contributed by atoms with van der Waals surface area (Å²) in [5.74, 6) is 0.789. The van der Waals surface area contributed by atoms with Crippen LogP contribution in [0.2, 0.25) is 5.02 Å². The number of aryl methyl sites for hydroxylation is 2. The zero-order valence-corrected chi connectivity index (χ0v) is 19.8. The average Bonchev–Trinajstić information content (AvgIpc) is 3.03. The lowest BCUT2D eigenvalue weighted by Crippen LogP contribution is -2.42. The van der Waals surface area contributed by atoms with Crippen LogP contribution in [0.4, 0.5) is 24.8 Å². The Kier molecular flexibility index (Phi) is 6.78. The summed E-state index contributed by atoms with van der Waals surface area (Å²) >= 11 is 6.57. The molecule has 0 saturated heterocycles. The molecule has 1 atom stereocenters. The van der Waals surface area contributed by atoms with Crippen LogP contribution in [0.15, 0.2) is 12.1 Å². The molecule has 4 rings (SSSR count). The van der Waals surface area contributed by atoms with E-state index in [1.54, 1.807) is 4.57 Å². The minimum absolute atomic E-state index is 0.0469. The fourth-order valence-corrected chi connectivity index (χ4v) is 5.51. The lowest BCUT2D eigenvalue weighted by molar-refractivity contribution is -0.141. The Morgan fingerprint density at radius 2 is 1.94 bits per heavy atom. The van der Waals surface area contributed by atoms with Gasteiger partial charge in [-0.05, 0) is 69.2 Å². The van der Waals surface area contributed by atoms with Gasteiger partial charge in [-0.25, -0.2) is 4.98 Å². The van der Waals surface area contributed by atoms with E-state index in [-0.39, 0.29) is 6.04 Å². The molecule has 0 bridgehead atoms. The number of nitrogens with one attached hydrogen (secondary N) is 1. The molecule has 0 radical (unpaired) electrons. The Balaban J connectivity index is 1.77. The Labute approximate surface area is 193 Å². The SMILES string of the molecule is CCCNC(Cc1c(C(F)(F)F)nc2n1CCCN2c1c(C)cc(C)cc1Cl)C1CCC1. The van der Waals surface area contributed by atoms with Crippen molar-refractivity contribution in [2.24, 2.45) is 5.92 Å². The number of hydrogen-bond acceptors (Lipinski definition) is 3. The Hall–Kier alpha value is -1.73. The number of aromatic nitrogens is 2. The van der Waals surface area contributed by atoms with Crippen LogP contribution >= 0.6 is 11.6 Å². The van der Waals surface area contributed by atoms with E-state index in [0.717, 1.165) is 55.5 Å². The zero-order chi connectivity index (χ0) is 23.0. The maximum atomic E-state index is 14.1. The molecule has 2 heterocycles. The fourth-order valence-electron chi connectivity index (χ4n) is 5.08. The second-order valence-corrected chi connectivity index (χ2v) is 9.64. The molecule has 176 valence electrons. The zero-order valence-electron chi connectivity index (χ0n) is 19.0. The average molecular weight is 469 g/mol. The second-order valence-electron chi connectivity index (χ2n) is 9.23. The molecule has 0 spiro atoms. The molecule has 1 aliphatic carbocycles. The lowest BCUT2D eigenvalue weighted by atomic mass is 9.78. The van der Waals surface area contributed by atoms with Crippen molar-refractivity contribution in [3.8, 4) is 0 Å². The predicted molar refractivity (Wildman–Crippen MR) is 123 cm³/mol. The van der Waals surface area contributed by atoms with E-state index in [2.05, 4.69) is 17.2 Å². The maximum absolute atomic E-state index is 14.1. The first-order valence-electron chi connectivity index (χ1n) is 11.6. The first-order valence-corrected chi connectivity index (χ1v) is 12.0. The van der Waals surface area contributed by atoms with E-state index < -0.39 is 11.9 Å². The van der Waals surface area contributed by atoms with Gasteiger partial charge in [0, 0.05) is 25.6 Å². The van der Waals surface area contributed by atoms with Crippen LogP contribution in [-0.2, 0) is 19.1 Å². The number of nitrogens with zero attached hydrogens (tertiary/aromatic N) is 3. The van der Waals surface area contributed by atoms with Gasteiger partial charge in [-0.3, -0.25) is 0 Å². The van der Waals surface area contributed by atoms with Crippen LogP contribution in [-0.4, -0.2) is 28.7 Å². The Morgan fingerprint density at radius 1 is 1.19 bits per heavy atom. The summed E-state index contributed by atoms with van der Waals surface area (Å²) in [6, 6.07) is 3.92. The molecule has 1 saturated carbocycles. The van der Waals surface area contributed by atoms with Gasteiger partial charge in [-0.2, -0.15) is 13.2 Å². The van der Waals surface area contributed by atoms with Gasteiger partial charge in [0.15, 0.2) is 5.69 Å². The molecule has 2 aromatic rings. The Bertz CT molecular complexity index is 942. The van der Waals surface area contributed by atoms with Crippen LogP contribution in [0, 0.1) is 19.8 Å². The number of imidazole rings is 1. The fraction of sp³-hybridized carbons (Fsp3) is 0.625. The van der Waals surface area contributed by atoms with Gasteiger partial charge in [0.1, 0.15) is 0 Å². The lowest BCUT2D eigenvalue weighted by Gasteiger charge is -2.36. The number of halogens is 4. The van der Waals surface area contributed by atoms with Crippen LogP contribution in [0.3, 0.4) is 0 Å². The van der Waals surface area contributed by atoms with Crippen molar-refractivity contribution in [1.82, 2.24) is 14.9 Å². The van der Waals surface area contributed by atoms with Gasteiger partial charge >= 0.3 is 6.18 Å². The third-order valence-corrected chi connectivity index (χ3v) is 7.07. The maximum Gasteiger partial charge on any atom is 0.435 e. The summed E-state index contributed by atoms with van der Waals surface area (Å²) in [4.78, 5) is 6.07. The summed E-state index contributed by atoms with van der Waals surface area (Å²) in [5, 5.41) is 4.07. The first kappa shape index (κ1) is 23.4. The van der Waals surface area contributed by atoms with Crippen molar-refractivity contribution in [2.45, 2.75) is 78.1 Å². The number of benzene rings is 1. The molecule has 4 nitrogen and oxygen atoms in total. The van der Waals surface area contributed by atoms with Gasteiger partial charge in [-0.1, -0.05) is 31.0 Å². The van der Waals surface area contributed by atoms with Crippen molar-refractivity contribution in [1.29, 1.82) is 0 Å². The first-order chi connectivity index (χ1) is 15.2. The van der Waals surface area contributed by atoms with E-state index in [0.29, 0.717) is 42.1 Å². The molecular weight excluding hydrogens is 437 g/mol. The molecule has 32 heavy (non-hydrogen) atoms. The summed E-state index contributed by atoms with van der Waals surface area (Å²) in [6.45, 7) is 7.94. The molecule has 1 aromatic carbocycles. The highest BCUT2D eigenvalue weighted by molar-refractivity contribution is 6.33. The van der Waals surface area contributed by atoms with Gasteiger partial charge in [0.25, 0.3) is 0 Å². The molecule has 0 amide bonds. The molecule has 1 N–H and O–H groups in total. The number of fused-ring (bicyclic) bond motifs is 1. The summed E-state index contributed by atoms with van der Waals surface area (Å²) < 4.78 is 44.2. The topological polar surface area (TPSA) is 33.1 Å². The van der Waals surface area contributed by atoms with Crippen molar-refractivity contribution < 1.29 is 13.2 Å². The van der Waals surface area contributed by atoms with E-state index >= 15 is 0 Å².